The Balaban J connectivity index is 1.88. The van der Waals surface area contributed by atoms with Crippen molar-refractivity contribution in [1.29, 1.82) is 5.26 Å². The minimum atomic E-state index is -0.985. The fourth-order valence-electron chi connectivity index (χ4n) is 1.83. The van der Waals surface area contributed by atoms with Gasteiger partial charge < -0.3 is 24.7 Å². The van der Waals surface area contributed by atoms with Crippen molar-refractivity contribution in [3.05, 3.63) is 57.8 Å². The van der Waals surface area contributed by atoms with Crippen LogP contribution in [0.1, 0.15) is 11.3 Å². The first-order valence-corrected chi connectivity index (χ1v) is 7.05. The minimum Gasteiger partial charge on any atom is -0.491 e. The first-order chi connectivity index (χ1) is 11.5. The summed E-state index contributed by atoms with van der Waals surface area (Å²) in [6, 6.07) is 11.4. The molecule has 0 amide bonds. The lowest BCUT2D eigenvalue weighted by molar-refractivity contribution is -0.390. The van der Waals surface area contributed by atoms with Gasteiger partial charge in [-0.05, 0) is 46.3 Å². The number of nitriles is 1. The number of rotatable bonds is 7. The molecule has 0 saturated heterocycles. The van der Waals surface area contributed by atoms with Crippen LogP contribution in [0.5, 0.6) is 11.5 Å². The van der Waals surface area contributed by atoms with E-state index in [9.17, 15) is 15.2 Å². The van der Waals surface area contributed by atoms with E-state index in [0.717, 1.165) is 0 Å². The third-order valence-corrected chi connectivity index (χ3v) is 3.01. The average molecular weight is 329 g/mol. The average Bonchev–Trinajstić information content (AvgIpc) is 2.59. The summed E-state index contributed by atoms with van der Waals surface area (Å²) in [4.78, 5) is 14.1. The monoisotopic (exact) mass is 329 g/mol. The number of hydrogen-bond acceptors (Lipinski definition) is 7. The molecule has 1 aromatic heterocycles. The van der Waals surface area contributed by atoms with Gasteiger partial charge in [0.15, 0.2) is 0 Å². The summed E-state index contributed by atoms with van der Waals surface area (Å²) in [5.74, 6) is 0.0919. The second-order valence-corrected chi connectivity index (χ2v) is 4.94. The van der Waals surface area contributed by atoms with E-state index in [-0.39, 0.29) is 19.0 Å². The zero-order chi connectivity index (χ0) is 17.5. The number of pyridine rings is 1. The van der Waals surface area contributed by atoms with Crippen molar-refractivity contribution in [2.75, 3.05) is 13.2 Å². The highest BCUT2D eigenvalue weighted by Crippen LogP contribution is 2.24. The van der Waals surface area contributed by atoms with Crippen LogP contribution in [0, 0.1) is 28.4 Å². The summed E-state index contributed by atoms with van der Waals surface area (Å²) in [5, 5.41) is 29.5. The molecule has 0 fully saturated rings. The van der Waals surface area contributed by atoms with Crippen molar-refractivity contribution in [3.63, 3.8) is 0 Å². The Labute approximate surface area is 138 Å². The van der Waals surface area contributed by atoms with E-state index in [4.69, 9.17) is 14.7 Å². The molecule has 0 aliphatic heterocycles. The largest absolute Gasteiger partial charge is 0.491 e. The molecule has 8 nitrogen and oxygen atoms in total. The fourth-order valence-corrected chi connectivity index (χ4v) is 1.83. The Kier molecular flexibility index (Phi) is 5.65. The quantitative estimate of drug-likeness (QED) is 0.609. The molecule has 1 atom stereocenters. The van der Waals surface area contributed by atoms with Crippen molar-refractivity contribution in [3.8, 4) is 17.6 Å². The highest BCUT2D eigenvalue weighted by atomic mass is 16.6. The van der Waals surface area contributed by atoms with Crippen LogP contribution in [0.15, 0.2) is 36.4 Å². The molecule has 1 unspecified atom stereocenters. The van der Waals surface area contributed by atoms with Gasteiger partial charge in [0.1, 0.15) is 30.8 Å². The van der Waals surface area contributed by atoms with Crippen molar-refractivity contribution >= 4 is 5.82 Å². The lowest BCUT2D eigenvalue weighted by atomic mass is 10.2. The molecule has 1 aromatic carbocycles. The minimum absolute atomic E-state index is 0.0111. The molecule has 1 N–H and O–H groups in total. The maximum Gasteiger partial charge on any atom is 0.406 e. The van der Waals surface area contributed by atoms with E-state index in [1.165, 1.54) is 6.07 Å². The Hall–Kier alpha value is -3.18. The van der Waals surface area contributed by atoms with E-state index in [2.05, 4.69) is 4.98 Å². The topological polar surface area (TPSA) is 119 Å². The molecule has 0 bridgehead atoms. The normalized spacial score (nSPS) is 11.4. The molecular weight excluding hydrogens is 314 g/mol. The number of aliphatic hydroxyl groups excluding tert-OH is 1. The molecule has 0 aliphatic carbocycles. The summed E-state index contributed by atoms with van der Waals surface area (Å²) in [6.07, 6.45) is -0.985. The van der Waals surface area contributed by atoms with E-state index in [0.29, 0.717) is 17.0 Å². The number of hydrogen-bond donors (Lipinski definition) is 1. The fraction of sp³-hybridized carbons (Fsp3) is 0.250. The molecule has 2 aromatic rings. The number of aryl methyl sites for hydroxylation is 1. The molecule has 0 saturated carbocycles. The van der Waals surface area contributed by atoms with Gasteiger partial charge in [-0.25, -0.2) is 0 Å². The summed E-state index contributed by atoms with van der Waals surface area (Å²) < 4.78 is 10.6. The molecule has 124 valence electrons. The van der Waals surface area contributed by atoms with Crippen molar-refractivity contribution in [2.45, 2.75) is 13.0 Å². The lowest BCUT2D eigenvalue weighted by Gasteiger charge is -2.13. The predicted octanol–water partition coefficient (Wildman–Crippen LogP) is 1.99. The Morgan fingerprint density at radius 1 is 1.25 bits per heavy atom. The van der Waals surface area contributed by atoms with Crippen LogP contribution in [0.2, 0.25) is 0 Å². The van der Waals surface area contributed by atoms with Crippen LogP contribution in [0.4, 0.5) is 5.82 Å². The van der Waals surface area contributed by atoms with Gasteiger partial charge in [-0.1, -0.05) is 0 Å². The molecule has 0 spiro atoms. The Morgan fingerprint density at radius 2 is 1.92 bits per heavy atom. The van der Waals surface area contributed by atoms with Gasteiger partial charge in [-0.2, -0.15) is 5.26 Å². The molecule has 24 heavy (non-hydrogen) atoms. The van der Waals surface area contributed by atoms with Crippen LogP contribution < -0.4 is 9.47 Å². The van der Waals surface area contributed by atoms with Crippen molar-refractivity contribution in [1.82, 2.24) is 4.98 Å². The van der Waals surface area contributed by atoms with E-state index in [1.807, 2.05) is 6.07 Å². The zero-order valence-corrected chi connectivity index (χ0v) is 12.9. The standard InChI is InChI=1S/C16H15N3O5/c1-11-2-7-15(16(18-11)19(21)22)24-10-13(20)9-23-14-5-3-12(8-17)4-6-14/h2-7,13,20H,9-10H2,1H3. The van der Waals surface area contributed by atoms with Gasteiger partial charge in [0.25, 0.3) is 0 Å². The van der Waals surface area contributed by atoms with Gasteiger partial charge in [-0.15, -0.1) is 0 Å². The van der Waals surface area contributed by atoms with Gasteiger partial charge in [0.2, 0.25) is 5.75 Å². The summed E-state index contributed by atoms with van der Waals surface area (Å²) >= 11 is 0. The number of ether oxygens (including phenoxy) is 2. The molecule has 0 aliphatic rings. The predicted molar refractivity (Wildman–Crippen MR) is 83.8 cm³/mol. The van der Waals surface area contributed by atoms with Crippen molar-refractivity contribution in [2.24, 2.45) is 0 Å². The van der Waals surface area contributed by atoms with Crippen LogP contribution in [-0.4, -0.2) is 34.3 Å². The van der Waals surface area contributed by atoms with Crippen molar-refractivity contribution < 1.29 is 19.5 Å². The highest BCUT2D eigenvalue weighted by molar-refractivity contribution is 5.40. The lowest BCUT2D eigenvalue weighted by Crippen LogP contribution is -2.25. The summed E-state index contributed by atoms with van der Waals surface area (Å²) in [5.41, 5.74) is 1.00. The van der Waals surface area contributed by atoms with Gasteiger partial charge in [0, 0.05) is 6.92 Å². The maximum absolute atomic E-state index is 10.9. The van der Waals surface area contributed by atoms with Gasteiger partial charge >= 0.3 is 5.82 Å². The zero-order valence-electron chi connectivity index (χ0n) is 12.9. The van der Waals surface area contributed by atoms with Gasteiger partial charge in [-0.3, -0.25) is 0 Å². The first-order valence-electron chi connectivity index (χ1n) is 7.05. The first kappa shape index (κ1) is 17.2. The number of benzene rings is 1. The van der Waals surface area contributed by atoms with E-state index < -0.39 is 16.8 Å². The second kappa shape index (κ2) is 7.89. The third-order valence-electron chi connectivity index (χ3n) is 3.01. The van der Waals surface area contributed by atoms with Crippen LogP contribution in [0.25, 0.3) is 0 Å². The number of nitrogens with zero attached hydrogens (tertiary/aromatic N) is 3. The number of aliphatic hydroxyl groups is 1. The Bertz CT molecular complexity index is 755. The smallest absolute Gasteiger partial charge is 0.406 e. The SMILES string of the molecule is Cc1ccc(OCC(O)COc2ccc(C#N)cc2)c([N+](=O)[O-])n1. The van der Waals surface area contributed by atoms with Crippen LogP contribution in [0.3, 0.4) is 0 Å². The second-order valence-electron chi connectivity index (χ2n) is 4.94. The number of aromatic nitrogens is 1. The molecule has 1 heterocycles. The van der Waals surface area contributed by atoms with Crippen LogP contribution in [-0.2, 0) is 0 Å². The molecule has 0 radical (unpaired) electrons. The summed E-state index contributed by atoms with van der Waals surface area (Å²) in [7, 11) is 0. The van der Waals surface area contributed by atoms with E-state index >= 15 is 0 Å². The summed E-state index contributed by atoms with van der Waals surface area (Å²) in [6.45, 7) is 1.40. The van der Waals surface area contributed by atoms with E-state index in [1.54, 1.807) is 37.3 Å². The number of nitro groups is 1. The maximum atomic E-state index is 10.9. The highest BCUT2D eigenvalue weighted by Gasteiger charge is 2.18. The molecule has 2 rings (SSSR count). The molecule has 8 heteroatoms. The third kappa shape index (κ3) is 4.66. The molecular formula is C16H15N3O5. The van der Waals surface area contributed by atoms with Crippen LogP contribution >= 0.6 is 0 Å². The van der Waals surface area contributed by atoms with Gasteiger partial charge in [0.05, 0.1) is 11.6 Å². The Morgan fingerprint density at radius 3 is 2.54 bits per heavy atom.